The molecule has 3 aromatic rings. The van der Waals surface area contributed by atoms with E-state index in [4.69, 9.17) is 11.6 Å². The zero-order chi connectivity index (χ0) is 20.2. The highest BCUT2D eigenvalue weighted by atomic mass is 35.5. The van der Waals surface area contributed by atoms with Crippen molar-refractivity contribution in [2.75, 3.05) is 4.90 Å². The highest BCUT2D eigenvalue weighted by Crippen LogP contribution is 2.39. The second-order valence-corrected chi connectivity index (χ2v) is 6.87. The Bertz CT molecular complexity index is 1120. The third-order valence-electron chi connectivity index (χ3n) is 4.72. The molecule has 4 rings (SSSR count). The molecule has 0 spiro atoms. The van der Waals surface area contributed by atoms with Crippen molar-refractivity contribution in [2.45, 2.75) is 25.6 Å². The number of benzene rings is 2. The maximum atomic E-state index is 13.2. The summed E-state index contributed by atoms with van der Waals surface area (Å²) in [7, 11) is 0. The van der Waals surface area contributed by atoms with Crippen LogP contribution in [0, 0.1) is 6.92 Å². The summed E-state index contributed by atoms with van der Waals surface area (Å²) < 4.78 is 41.1. The largest absolute Gasteiger partial charge is 0.417 e. The van der Waals surface area contributed by atoms with E-state index in [0.29, 0.717) is 16.9 Å². The van der Waals surface area contributed by atoms with Gasteiger partial charge in [0.2, 0.25) is 5.91 Å². The fourth-order valence-electron chi connectivity index (χ4n) is 3.52. The van der Waals surface area contributed by atoms with Crippen molar-refractivity contribution < 1.29 is 22.8 Å². The molecule has 0 unspecified atom stereocenters. The molecule has 5 nitrogen and oxygen atoms in total. The van der Waals surface area contributed by atoms with Gasteiger partial charge in [0.25, 0.3) is 5.91 Å². The van der Waals surface area contributed by atoms with Gasteiger partial charge in [-0.3, -0.25) is 9.59 Å². The van der Waals surface area contributed by atoms with E-state index in [1.165, 1.54) is 6.07 Å². The van der Waals surface area contributed by atoms with Crippen LogP contribution in [0.15, 0.2) is 42.5 Å². The van der Waals surface area contributed by atoms with Gasteiger partial charge < -0.3 is 4.57 Å². The predicted molar refractivity (Wildman–Crippen MR) is 97.1 cm³/mol. The molecule has 1 saturated heterocycles. The molecule has 28 heavy (non-hydrogen) atoms. The molecular weight excluding hydrogens is 395 g/mol. The lowest BCUT2D eigenvalue weighted by Gasteiger charge is -2.18. The second kappa shape index (κ2) is 6.34. The van der Waals surface area contributed by atoms with Crippen molar-refractivity contribution in [3.8, 4) is 0 Å². The van der Waals surface area contributed by atoms with Crippen molar-refractivity contribution >= 4 is 40.1 Å². The molecule has 0 N–H and O–H groups in total. The van der Waals surface area contributed by atoms with Crippen molar-refractivity contribution in [3.63, 3.8) is 0 Å². The normalized spacial score (nSPS) is 17.8. The van der Waals surface area contributed by atoms with E-state index < -0.39 is 34.6 Å². The lowest BCUT2D eigenvalue weighted by molar-refractivity contribution is -0.137. The second-order valence-electron chi connectivity index (χ2n) is 6.47. The number of amides is 2. The molecule has 2 heterocycles. The van der Waals surface area contributed by atoms with E-state index in [1.54, 1.807) is 35.8 Å². The number of anilines is 1. The van der Waals surface area contributed by atoms with Gasteiger partial charge in [-0.1, -0.05) is 23.7 Å². The molecule has 144 valence electrons. The molecule has 2 amide bonds. The molecule has 1 atom stereocenters. The SMILES string of the molecule is Cc1nc2ccccc2n1[C@H]1CC(=O)N(c2ccc(Cl)c(C(F)(F)F)c2)C1=O. The molecule has 0 bridgehead atoms. The van der Waals surface area contributed by atoms with Crippen molar-refractivity contribution in [3.05, 3.63) is 58.9 Å². The first-order chi connectivity index (χ1) is 13.2. The highest BCUT2D eigenvalue weighted by molar-refractivity contribution is 6.31. The number of imide groups is 1. The first-order valence-corrected chi connectivity index (χ1v) is 8.73. The summed E-state index contributed by atoms with van der Waals surface area (Å²) in [6, 6.07) is 9.27. The molecule has 2 aromatic carbocycles. The molecule has 0 radical (unpaired) electrons. The minimum absolute atomic E-state index is 0.156. The fraction of sp³-hybridized carbons (Fsp3) is 0.211. The highest BCUT2D eigenvalue weighted by Gasteiger charge is 2.43. The number of halogens is 4. The zero-order valence-electron chi connectivity index (χ0n) is 14.5. The van der Waals surface area contributed by atoms with Gasteiger partial charge >= 0.3 is 6.18 Å². The van der Waals surface area contributed by atoms with Gasteiger partial charge in [-0.05, 0) is 37.3 Å². The molecule has 0 aliphatic carbocycles. The van der Waals surface area contributed by atoms with Gasteiger partial charge in [0.1, 0.15) is 11.9 Å². The van der Waals surface area contributed by atoms with E-state index in [-0.39, 0.29) is 12.1 Å². The number of nitrogens with zero attached hydrogens (tertiary/aromatic N) is 3. The van der Waals surface area contributed by atoms with Crippen molar-refractivity contribution in [2.24, 2.45) is 0 Å². The Kier molecular flexibility index (Phi) is 4.19. The number of hydrogen-bond donors (Lipinski definition) is 0. The first-order valence-electron chi connectivity index (χ1n) is 8.35. The molecule has 1 aliphatic rings. The Hall–Kier alpha value is -2.87. The molecule has 1 aliphatic heterocycles. The van der Waals surface area contributed by atoms with Crippen LogP contribution in [0.3, 0.4) is 0 Å². The Morgan fingerprint density at radius 3 is 2.57 bits per heavy atom. The minimum atomic E-state index is -4.70. The Balaban J connectivity index is 1.77. The summed E-state index contributed by atoms with van der Waals surface area (Å²) in [4.78, 5) is 30.7. The van der Waals surface area contributed by atoms with Gasteiger partial charge in [-0.15, -0.1) is 0 Å². The van der Waals surface area contributed by atoms with Crippen molar-refractivity contribution in [1.82, 2.24) is 9.55 Å². The number of carbonyl (C=O) groups is 2. The van der Waals surface area contributed by atoms with Crippen LogP contribution >= 0.6 is 11.6 Å². The van der Waals surface area contributed by atoms with Crippen LogP contribution in [0.25, 0.3) is 11.0 Å². The molecule has 1 aromatic heterocycles. The first kappa shape index (κ1) is 18.5. The quantitative estimate of drug-likeness (QED) is 0.587. The minimum Gasteiger partial charge on any atom is -0.315 e. The van der Waals surface area contributed by atoms with E-state index >= 15 is 0 Å². The number of alkyl halides is 3. The number of para-hydroxylation sites is 2. The number of aromatic nitrogens is 2. The molecule has 1 fully saturated rings. The standard InChI is InChI=1S/C19H13ClF3N3O2/c1-10-24-14-4-2-3-5-15(14)25(10)16-9-17(27)26(18(16)28)11-6-7-13(20)12(8-11)19(21,22)23/h2-8,16H,9H2,1H3/t16-/m0/s1. The van der Waals surface area contributed by atoms with Crippen LogP contribution < -0.4 is 4.90 Å². The third-order valence-corrected chi connectivity index (χ3v) is 5.05. The lowest BCUT2D eigenvalue weighted by Crippen LogP contribution is -2.31. The van der Waals surface area contributed by atoms with Gasteiger partial charge in [0.05, 0.1) is 33.7 Å². The topological polar surface area (TPSA) is 55.2 Å². The fourth-order valence-corrected chi connectivity index (χ4v) is 3.74. The summed E-state index contributed by atoms with van der Waals surface area (Å²) >= 11 is 5.64. The van der Waals surface area contributed by atoms with Crippen LogP contribution in [-0.4, -0.2) is 21.4 Å². The number of aryl methyl sites for hydroxylation is 1. The van der Waals surface area contributed by atoms with Crippen LogP contribution in [0.1, 0.15) is 23.9 Å². The maximum absolute atomic E-state index is 13.2. The van der Waals surface area contributed by atoms with Gasteiger partial charge in [-0.2, -0.15) is 13.2 Å². The van der Waals surface area contributed by atoms with Gasteiger partial charge in [-0.25, -0.2) is 9.88 Å². The maximum Gasteiger partial charge on any atom is 0.417 e. The Labute approximate surface area is 162 Å². The van der Waals surface area contributed by atoms with E-state index in [0.717, 1.165) is 17.0 Å². The number of hydrogen-bond acceptors (Lipinski definition) is 3. The number of fused-ring (bicyclic) bond motifs is 1. The Morgan fingerprint density at radius 1 is 1.14 bits per heavy atom. The van der Waals surface area contributed by atoms with Crippen molar-refractivity contribution in [1.29, 1.82) is 0 Å². The summed E-state index contributed by atoms with van der Waals surface area (Å²) in [5.41, 5.74) is 0.0981. The Morgan fingerprint density at radius 2 is 1.86 bits per heavy atom. The molecule has 9 heteroatoms. The van der Waals surface area contributed by atoms with Crippen LogP contribution in [0.2, 0.25) is 5.02 Å². The molecule has 0 saturated carbocycles. The van der Waals surface area contributed by atoms with Gasteiger partial charge in [0, 0.05) is 0 Å². The predicted octanol–water partition coefficient (Wildman–Crippen LogP) is 4.52. The van der Waals surface area contributed by atoms with Crippen LogP contribution in [-0.2, 0) is 15.8 Å². The summed E-state index contributed by atoms with van der Waals surface area (Å²) in [5.74, 6) is -0.643. The smallest absolute Gasteiger partial charge is 0.315 e. The van der Waals surface area contributed by atoms with E-state index in [9.17, 15) is 22.8 Å². The summed E-state index contributed by atoms with van der Waals surface area (Å²) in [6.45, 7) is 1.71. The zero-order valence-corrected chi connectivity index (χ0v) is 15.3. The average Bonchev–Trinajstić information content (AvgIpc) is 3.10. The number of imidazole rings is 1. The van der Waals surface area contributed by atoms with Gasteiger partial charge in [0.15, 0.2) is 0 Å². The number of carbonyl (C=O) groups excluding carboxylic acids is 2. The lowest BCUT2D eigenvalue weighted by atomic mass is 10.1. The van der Waals surface area contributed by atoms with Crippen LogP contribution in [0.4, 0.5) is 18.9 Å². The third kappa shape index (κ3) is 2.84. The monoisotopic (exact) mass is 407 g/mol. The average molecular weight is 408 g/mol. The van der Waals surface area contributed by atoms with E-state index in [2.05, 4.69) is 4.98 Å². The molecular formula is C19H13ClF3N3O2. The summed E-state index contributed by atoms with van der Waals surface area (Å²) in [5, 5.41) is -0.497. The van der Waals surface area contributed by atoms with E-state index in [1.807, 2.05) is 0 Å². The summed E-state index contributed by atoms with van der Waals surface area (Å²) in [6.07, 6.45) is -4.86. The van der Waals surface area contributed by atoms with Crippen LogP contribution in [0.5, 0.6) is 0 Å². The number of rotatable bonds is 2.